The molecule has 0 spiro atoms. The van der Waals surface area contributed by atoms with E-state index in [9.17, 15) is 9.59 Å². The molecule has 0 unspecified atom stereocenters. The monoisotopic (exact) mass is 433 g/mol. The minimum absolute atomic E-state index is 0.207. The van der Waals surface area contributed by atoms with Crippen LogP contribution in [0.15, 0.2) is 94.7 Å². The van der Waals surface area contributed by atoms with Gasteiger partial charge in [-0.25, -0.2) is 0 Å². The van der Waals surface area contributed by atoms with E-state index in [2.05, 4.69) is 4.98 Å². The van der Waals surface area contributed by atoms with E-state index in [0.717, 1.165) is 11.1 Å². The fourth-order valence-corrected chi connectivity index (χ4v) is 3.47. The maximum atomic E-state index is 13.4. The molecule has 0 aliphatic carbocycles. The first-order chi connectivity index (χ1) is 15.1. The van der Waals surface area contributed by atoms with Crippen molar-refractivity contribution in [3.05, 3.63) is 123 Å². The van der Waals surface area contributed by atoms with Gasteiger partial charge in [-0.05, 0) is 41.5 Å². The van der Waals surface area contributed by atoms with Gasteiger partial charge in [-0.15, -0.1) is 0 Å². The quantitative estimate of drug-likeness (QED) is 0.433. The van der Waals surface area contributed by atoms with Gasteiger partial charge in [-0.3, -0.25) is 14.6 Å². The lowest BCUT2D eigenvalue weighted by Gasteiger charge is -2.22. The highest BCUT2D eigenvalue weighted by molar-refractivity contribution is 6.31. The first kappa shape index (κ1) is 20.6. The van der Waals surface area contributed by atoms with Crippen molar-refractivity contribution in [2.24, 2.45) is 0 Å². The molecule has 3 aromatic heterocycles. The van der Waals surface area contributed by atoms with Gasteiger partial charge >= 0.3 is 0 Å². The average Bonchev–Trinajstić information content (AvgIpc) is 3.30. The van der Waals surface area contributed by atoms with Crippen LogP contribution in [0.5, 0.6) is 0 Å². The second kappa shape index (κ2) is 9.45. The molecule has 0 bridgehead atoms. The number of aromatic nitrogens is 2. The molecule has 0 aliphatic heterocycles. The zero-order valence-electron chi connectivity index (χ0n) is 16.6. The van der Waals surface area contributed by atoms with E-state index in [4.69, 9.17) is 16.0 Å². The Morgan fingerprint density at radius 2 is 1.90 bits per heavy atom. The van der Waals surface area contributed by atoms with E-state index in [1.807, 2.05) is 36.4 Å². The molecule has 0 fully saturated rings. The highest BCUT2D eigenvalue weighted by Gasteiger charge is 2.19. The smallest absolute Gasteiger partial charge is 0.256 e. The maximum Gasteiger partial charge on any atom is 0.256 e. The zero-order chi connectivity index (χ0) is 21.6. The minimum Gasteiger partial charge on any atom is -0.467 e. The number of amides is 1. The Hall–Kier alpha value is -3.64. The number of hydrogen-bond acceptors (Lipinski definition) is 4. The molecule has 0 saturated heterocycles. The minimum atomic E-state index is -0.215. The van der Waals surface area contributed by atoms with Gasteiger partial charge in [0.05, 0.1) is 24.9 Å². The van der Waals surface area contributed by atoms with Gasteiger partial charge < -0.3 is 13.9 Å². The Labute approximate surface area is 184 Å². The maximum absolute atomic E-state index is 13.4. The summed E-state index contributed by atoms with van der Waals surface area (Å²) in [4.78, 5) is 31.6. The SMILES string of the molecule is O=C(c1ccc(=O)n(Cc2ccccc2Cl)c1)N(Cc1cccnc1)Cc1ccco1. The average molecular weight is 434 g/mol. The van der Waals surface area contributed by atoms with Gasteiger partial charge in [0.25, 0.3) is 11.5 Å². The van der Waals surface area contributed by atoms with E-state index in [-0.39, 0.29) is 18.0 Å². The van der Waals surface area contributed by atoms with Crippen LogP contribution in [-0.4, -0.2) is 20.4 Å². The third-order valence-electron chi connectivity index (χ3n) is 4.84. The third-order valence-corrected chi connectivity index (χ3v) is 5.21. The highest BCUT2D eigenvalue weighted by Crippen LogP contribution is 2.17. The van der Waals surface area contributed by atoms with E-state index in [1.165, 1.54) is 10.6 Å². The van der Waals surface area contributed by atoms with Crippen LogP contribution in [-0.2, 0) is 19.6 Å². The number of benzene rings is 1. The van der Waals surface area contributed by atoms with Crippen LogP contribution in [0.3, 0.4) is 0 Å². The summed E-state index contributed by atoms with van der Waals surface area (Å²) in [6.45, 7) is 0.932. The Kier molecular flexibility index (Phi) is 6.29. The van der Waals surface area contributed by atoms with Crippen molar-refractivity contribution in [3.63, 3.8) is 0 Å². The summed E-state index contributed by atoms with van der Waals surface area (Å²) in [5, 5.41) is 0.571. The molecule has 4 rings (SSSR count). The van der Waals surface area contributed by atoms with Crippen molar-refractivity contribution in [2.45, 2.75) is 19.6 Å². The van der Waals surface area contributed by atoms with Crippen LogP contribution in [0.2, 0.25) is 5.02 Å². The first-order valence-electron chi connectivity index (χ1n) is 9.74. The summed E-state index contributed by atoms with van der Waals surface area (Å²) in [6.07, 6.45) is 6.56. The van der Waals surface area contributed by atoms with Gasteiger partial charge in [0, 0.05) is 36.2 Å². The molecule has 156 valence electrons. The molecular formula is C24H20ClN3O3. The lowest BCUT2D eigenvalue weighted by molar-refractivity contribution is 0.0716. The Morgan fingerprint density at radius 3 is 2.65 bits per heavy atom. The highest BCUT2D eigenvalue weighted by atomic mass is 35.5. The summed E-state index contributed by atoms with van der Waals surface area (Å²) in [7, 11) is 0. The number of carbonyl (C=O) groups excluding carboxylic acids is 1. The summed E-state index contributed by atoms with van der Waals surface area (Å²) >= 11 is 6.24. The Morgan fingerprint density at radius 1 is 1.03 bits per heavy atom. The lowest BCUT2D eigenvalue weighted by atomic mass is 10.2. The molecule has 3 heterocycles. The summed E-state index contributed by atoms with van der Waals surface area (Å²) < 4.78 is 6.93. The number of hydrogen-bond donors (Lipinski definition) is 0. The lowest BCUT2D eigenvalue weighted by Crippen LogP contribution is -2.31. The van der Waals surface area contributed by atoms with Crippen LogP contribution in [0.25, 0.3) is 0 Å². The topological polar surface area (TPSA) is 68.3 Å². The van der Waals surface area contributed by atoms with Crippen LogP contribution in [0.1, 0.15) is 27.2 Å². The Bertz CT molecular complexity index is 1220. The first-order valence-corrected chi connectivity index (χ1v) is 10.1. The molecule has 0 radical (unpaired) electrons. The fraction of sp³-hybridized carbons (Fsp3) is 0.125. The predicted octanol–water partition coefficient (Wildman–Crippen LogP) is 4.38. The van der Waals surface area contributed by atoms with Gasteiger partial charge in [0.1, 0.15) is 5.76 Å². The number of carbonyl (C=O) groups is 1. The van der Waals surface area contributed by atoms with E-state index in [0.29, 0.717) is 29.4 Å². The van der Waals surface area contributed by atoms with E-state index in [1.54, 1.807) is 48.0 Å². The molecule has 0 N–H and O–H groups in total. The van der Waals surface area contributed by atoms with Gasteiger partial charge in [0.2, 0.25) is 0 Å². The number of nitrogens with zero attached hydrogens (tertiary/aromatic N) is 3. The van der Waals surface area contributed by atoms with Crippen molar-refractivity contribution < 1.29 is 9.21 Å². The summed E-state index contributed by atoms with van der Waals surface area (Å²) in [5.74, 6) is 0.454. The number of furan rings is 1. The molecule has 6 nitrogen and oxygen atoms in total. The summed E-state index contributed by atoms with van der Waals surface area (Å²) in [5.41, 5.74) is 1.90. The molecule has 1 aromatic carbocycles. The van der Waals surface area contributed by atoms with Gasteiger partial charge in [-0.1, -0.05) is 35.9 Å². The largest absolute Gasteiger partial charge is 0.467 e. The third kappa shape index (κ3) is 5.10. The number of rotatable bonds is 7. The molecule has 0 aliphatic rings. The van der Waals surface area contributed by atoms with E-state index < -0.39 is 0 Å². The summed E-state index contributed by atoms with van der Waals surface area (Å²) in [6, 6.07) is 17.6. The Balaban J connectivity index is 1.63. The van der Waals surface area contributed by atoms with E-state index >= 15 is 0 Å². The molecular weight excluding hydrogens is 414 g/mol. The zero-order valence-corrected chi connectivity index (χ0v) is 17.4. The van der Waals surface area contributed by atoms with Gasteiger partial charge in [0.15, 0.2) is 0 Å². The normalized spacial score (nSPS) is 10.7. The van der Waals surface area contributed by atoms with Crippen LogP contribution >= 0.6 is 11.6 Å². The van der Waals surface area contributed by atoms with Crippen molar-refractivity contribution in [2.75, 3.05) is 0 Å². The molecule has 0 atom stereocenters. The number of pyridine rings is 2. The van der Waals surface area contributed by atoms with Crippen molar-refractivity contribution in [1.82, 2.24) is 14.5 Å². The number of halogens is 1. The second-order valence-corrected chi connectivity index (χ2v) is 7.48. The van der Waals surface area contributed by atoms with Crippen molar-refractivity contribution >= 4 is 17.5 Å². The van der Waals surface area contributed by atoms with Gasteiger partial charge in [-0.2, -0.15) is 0 Å². The molecule has 31 heavy (non-hydrogen) atoms. The molecule has 4 aromatic rings. The van der Waals surface area contributed by atoms with Crippen LogP contribution < -0.4 is 5.56 Å². The van der Waals surface area contributed by atoms with Crippen LogP contribution in [0, 0.1) is 0 Å². The predicted molar refractivity (Wildman–Crippen MR) is 118 cm³/mol. The van der Waals surface area contributed by atoms with Crippen molar-refractivity contribution in [1.29, 1.82) is 0 Å². The van der Waals surface area contributed by atoms with Crippen molar-refractivity contribution in [3.8, 4) is 0 Å². The second-order valence-electron chi connectivity index (χ2n) is 7.08. The molecule has 7 heteroatoms. The molecule has 1 amide bonds. The molecule has 0 saturated carbocycles. The standard InChI is InChI=1S/C24H20ClN3O3/c25-22-8-2-1-6-19(22)15-27-16-20(9-10-23(27)29)24(30)28(17-21-7-4-12-31-21)14-18-5-3-11-26-13-18/h1-13,16H,14-15,17H2. The van der Waals surface area contributed by atoms with Crippen LogP contribution in [0.4, 0.5) is 0 Å². The fourth-order valence-electron chi connectivity index (χ4n) is 3.28.